The zero-order valence-corrected chi connectivity index (χ0v) is 14.0. The minimum Gasteiger partial charge on any atom is -0.467 e. The highest BCUT2D eigenvalue weighted by Crippen LogP contribution is 2.22. The van der Waals surface area contributed by atoms with Gasteiger partial charge < -0.3 is 10.5 Å². The molecule has 124 valence electrons. The van der Waals surface area contributed by atoms with Crippen LogP contribution in [0.15, 0.2) is 54.6 Å². The Kier molecular flexibility index (Phi) is 4.91. The molecule has 24 heavy (non-hydrogen) atoms. The van der Waals surface area contributed by atoms with E-state index >= 15 is 0 Å². The van der Waals surface area contributed by atoms with E-state index in [4.69, 9.17) is 10.5 Å². The molecule has 0 aliphatic heterocycles. The Morgan fingerprint density at radius 2 is 1.67 bits per heavy atom. The van der Waals surface area contributed by atoms with Gasteiger partial charge >= 0.3 is 6.01 Å². The molecule has 0 fully saturated rings. The molecule has 0 saturated carbocycles. The molecule has 0 unspecified atom stereocenters. The minimum atomic E-state index is -0.219. The summed E-state index contributed by atoms with van der Waals surface area (Å²) >= 11 is 0. The van der Waals surface area contributed by atoms with Gasteiger partial charge in [0.1, 0.15) is 0 Å². The van der Waals surface area contributed by atoms with Gasteiger partial charge in [0.15, 0.2) is 5.82 Å². The first-order chi connectivity index (χ1) is 11.7. The van der Waals surface area contributed by atoms with Crippen LogP contribution in [-0.4, -0.2) is 21.9 Å². The van der Waals surface area contributed by atoms with Crippen molar-refractivity contribution in [3.8, 4) is 17.1 Å². The van der Waals surface area contributed by atoms with E-state index in [9.17, 15) is 0 Å². The molecule has 0 aliphatic rings. The van der Waals surface area contributed by atoms with Crippen molar-refractivity contribution in [1.82, 2.24) is 14.8 Å². The number of methoxy groups -OCH3 is 1. The van der Waals surface area contributed by atoms with Crippen LogP contribution in [0.5, 0.6) is 6.01 Å². The second-order valence-corrected chi connectivity index (χ2v) is 5.66. The average Bonchev–Trinajstić information content (AvgIpc) is 3.06. The molecule has 3 rings (SSSR count). The summed E-state index contributed by atoms with van der Waals surface area (Å²) in [6.45, 7) is 2.75. The lowest BCUT2D eigenvalue weighted by atomic mass is 10.0. The van der Waals surface area contributed by atoms with Gasteiger partial charge in [0, 0.05) is 6.54 Å². The molecule has 0 spiro atoms. The maximum absolute atomic E-state index is 6.34. The maximum Gasteiger partial charge on any atom is 0.316 e. The van der Waals surface area contributed by atoms with Crippen molar-refractivity contribution in [3.63, 3.8) is 0 Å². The molecule has 0 saturated heterocycles. The number of nitrogens with zero attached hydrogens (tertiary/aromatic N) is 3. The van der Waals surface area contributed by atoms with Gasteiger partial charge in [0.25, 0.3) is 0 Å². The smallest absolute Gasteiger partial charge is 0.316 e. The van der Waals surface area contributed by atoms with Gasteiger partial charge in [0.2, 0.25) is 0 Å². The van der Waals surface area contributed by atoms with Crippen molar-refractivity contribution in [2.75, 3.05) is 7.11 Å². The first-order valence-electron chi connectivity index (χ1n) is 8.10. The van der Waals surface area contributed by atoms with Crippen LogP contribution in [-0.2, 0) is 13.0 Å². The predicted molar refractivity (Wildman–Crippen MR) is 94.8 cm³/mol. The van der Waals surface area contributed by atoms with E-state index in [-0.39, 0.29) is 6.04 Å². The molecule has 2 aromatic carbocycles. The van der Waals surface area contributed by atoms with Gasteiger partial charge in [-0.05, 0) is 30.0 Å². The molecule has 5 heteroatoms. The Morgan fingerprint density at radius 1 is 1.00 bits per heavy atom. The van der Waals surface area contributed by atoms with E-state index in [0.717, 1.165) is 12.4 Å². The van der Waals surface area contributed by atoms with Crippen LogP contribution in [0, 0.1) is 0 Å². The fraction of sp³-hybridized carbons (Fsp3) is 0.263. The monoisotopic (exact) mass is 322 g/mol. The van der Waals surface area contributed by atoms with Crippen LogP contribution in [0.1, 0.15) is 24.4 Å². The first-order valence-corrected chi connectivity index (χ1v) is 8.10. The number of hydrogen-bond donors (Lipinski definition) is 1. The quantitative estimate of drug-likeness (QED) is 0.757. The Morgan fingerprint density at radius 3 is 2.29 bits per heavy atom. The molecule has 1 atom stereocenters. The summed E-state index contributed by atoms with van der Waals surface area (Å²) in [7, 11) is 1.59. The molecular weight excluding hydrogens is 300 g/mol. The summed E-state index contributed by atoms with van der Waals surface area (Å²) in [5, 5.41) is 8.21. The van der Waals surface area contributed by atoms with Gasteiger partial charge in [-0.2, -0.15) is 0 Å². The zero-order valence-electron chi connectivity index (χ0n) is 14.0. The lowest BCUT2D eigenvalue weighted by molar-refractivity contribution is 0.354. The Balaban J connectivity index is 1.75. The van der Waals surface area contributed by atoms with E-state index in [1.165, 1.54) is 16.7 Å². The van der Waals surface area contributed by atoms with Crippen LogP contribution < -0.4 is 10.5 Å². The highest BCUT2D eigenvalue weighted by Gasteiger charge is 2.18. The van der Waals surface area contributed by atoms with Crippen LogP contribution in [0.25, 0.3) is 11.1 Å². The summed E-state index contributed by atoms with van der Waals surface area (Å²) in [5.41, 5.74) is 9.93. The summed E-state index contributed by atoms with van der Waals surface area (Å²) in [4.78, 5) is 0. The van der Waals surface area contributed by atoms with Crippen molar-refractivity contribution in [2.24, 2.45) is 5.73 Å². The Labute approximate surface area is 142 Å². The van der Waals surface area contributed by atoms with Crippen LogP contribution in [0.2, 0.25) is 0 Å². The molecule has 3 aromatic rings. The van der Waals surface area contributed by atoms with Gasteiger partial charge in [-0.1, -0.05) is 59.7 Å². The first kappa shape index (κ1) is 16.2. The fourth-order valence-corrected chi connectivity index (χ4v) is 2.83. The van der Waals surface area contributed by atoms with Gasteiger partial charge in [-0.3, -0.25) is 4.57 Å². The number of aromatic nitrogens is 3. The number of nitrogens with two attached hydrogens (primary N) is 1. The fourth-order valence-electron chi connectivity index (χ4n) is 2.83. The standard InChI is InChI=1S/C19H22N4O/c1-3-23-18(21-22-19(23)24-2)17(20)13-14-9-11-16(12-10-14)15-7-5-4-6-8-15/h4-12,17H,3,13,20H2,1-2H3/t17-/m1/s1. The lowest BCUT2D eigenvalue weighted by Gasteiger charge is -2.13. The van der Waals surface area contributed by atoms with E-state index in [2.05, 4.69) is 46.6 Å². The molecule has 0 bridgehead atoms. The van der Waals surface area contributed by atoms with E-state index in [0.29, 0.717) is 12.4 Å². The minimum absolute atomic E-state index is 0.219. The average molecular weight is 322 g/mol. The van der Waals surface area contributed by atoms with Crippen molar-refractivity contribution < 1.29 is 4.74 Å². The third-order valence-corrected chi connectivity index (χ3v) is 4.09. The van der Waals surface area contributed by atoms with Crippen LogP contribution in [0.3, 0.4) is 0 Å². The molecule has 0 aliphatic carbocycles. The summed E-state index contributed by atoms with van der Waals surface area (Å²) in [6, 6.07) is 19.1. The zero-order chi connectivity index (χ0) is 16.9. The molecule has 2 N–H and O–H groups in total. The number of benzene rings is 2. The molecule has 5 nitrogen and oxygen atoms in total. The topological polar surface area (TPSA) is 66.0 Å². The van der Waals surface area contributed by atoms with Gasteiger partial charge in [0.05, 0.1) is 13.2 Å². The largest absolute Gasteiger partial charge is 0.467 e. The van der Waals surface area contributed by atoms with Crippen molar-refractivity contribution in [3.05, 3.63) is 66.0 Å². The van der Waals surface area contributed by atoms with E-state index < -0.39 is 0 Å². The summed E-state index contributed by atoms with van der Waals surface area (Å²) in [5.74, 6) is 0.751. The van der Waals surface area contributed by atoms with Crippen molar-refractivity contribution in [2.45, 2.75) is 25.9 Å². The second kappa shape index (κ2) is 7.27. The Hall–Kier alpha value is -2.66. The highest BCUT2D eigenvalue weighted by molar-refractivity contribution is 5.63. The van der Waals surface area contributed by atoms with Gasteiger partial charge in [-0.15, -0.1) is 5.10 Å². The number of ether oxygens (including phenoxy) is 1. The number of rotatable bonds is 6. The molecule has 0 amide bonds. The number of hydrogen-bond acceptors (Lipinski definition) is 4. The summed E-state index contributed by atoms with van der Waals surface area (Å²) in [6.07, 6.45) is 0.705. The maximum atomic E-state index is 6.34. The van der Waals surface area contributed by atoms with E-state index in [1.807, 2.05) is 29.7 Å². The molecule has 1 heterocycles. The third-order valence-electron chi connectivity index (χ3n) is 4.09. The predicted octanol–water partition coefficient (Wildman–Crippen LogP) is 3.22. The molecular formula is C19H22N4O. The SMILES string of the molecule is CCn1c(OC)nnc1[C@H](N)Cc1ccc(-c2ccccc2)cc1. The molecule has 1 aromatic heterocycles. The van der Waals surface area contributed by atoms with Crippen LogP contribution in [0.4, 0.5) is 0 Å². The van der Waals surface area contributed by atoms with Crippen molar-refractivity contribution in [1.29, 1.82) is 0 Å². The van der Waals surface area contributed by atoms with Crippen LogP contribution >= 0.6 is 0 Å². The van der Waals surface area contributed by atoms with Crippen molar-refractivity contribution >= 4 is 0 Å². The molecule has 0 radical (unpaired) electrons. The van der Waals surface area contributed by atoms with Gasteiger partial charge in [-0.25, -0.2) is 0 Å². The second-order valence-electron chi connectivity index (χ2n) is 5.66. The normalized spacial score (nSPS) is 12.1. The third kappa shape index (κ3) is 3.31. The lowest BCUT2D eigenvalue weighted by Crippen LogP contribution is -2.19. The van der Waals surface area contributed by atoms with E-state index in [1.54, 1.807) is 7.11 Å². The highest BCUT2D eigenvalue weighted by atomic mass is 16.5. The summed E-state index contributed by atoms with van der Waals surface area (Å²) < 4.78 is 7.12. The Bertz CT molecular complexity index is 781.